The maximum absolute atomic E-state index is 12.7. The molecular formula is C19H25NO4. The van der Waals surface area contributed by atoms with Crippen molar-refractivity contribution in [1.82, 2.24) is 4.90 Å². The van der Waals surface area contributed by atoms with Gasteiger partial charge in [-0.3, -0.25) is 4.79 Å². The Kier molecular flexibility index (Phi) is 3.29. The Balaban J connectivity index is 2.02. The van der Waals surface area contributed by atoms with Crippen LogP contribution in [-0.2, 0) is 10.2 Å². The Morgan fingerprint density at radius 2 is 2.12 bits per heavy atom. The first-order valence-electron chi connectivity index (χ1n) is 8.67. The maximum Gasteiger partial charge on any atom is 0.174 e. The third-order valence-electron chi connectivity index (χ3n) is 6.71. The molecule has 0 radical (unpaired) electrons. The number of methoxy groups -OCH3 is 1. The number of benzene rings is 1. The molecule has 5 heteroatoms. The minimum atomic E-state index is -0.985. The largest absolute Gasteiger partial charge is 0.493 e. The Morgan fingerprint density at radius 1 is 1.38 bits per heavy atom. The summed E-state index contributed by atoms with van der Waals surface area (Å²) in [6.07, 6.45) is 0.934. The third kappa shape index (κ3) is 1.64. The van der Waals surface area contributed by atoms with Crippen LogP contribution < -0.4 is 9.47 Å². The molecule has 1 N–H and O–H groups in total. The van der Waals surface area contributed by atoms with Gasteiger partial charge in [0, 0.05) is 18.0 Å². The summed E-state index contributed by atoms with van der Waals surface area (Å²) in [4.78, 5) is 14.9. The minimum Gasteiger partial charge on any atom is -0.493 e. The summed E-state index contributed by atoms with van der Waals surface area (Å²) in [7, 11) is 3.65. The van der Waals surface area contributed by atoms with E-state index in [4.69, 9.17) is 9.47 Å². The molecular weight excluding hydrogens is 306 g/mol. The molecule has 2 aliphatic heterocycles. The fraction of sp³-hybridized carbons (Fsp3) is 0.632. The van der Waals surface area contributed by atoms with Crippen molar-refractivity contribution in [2.45, 2.75) is 56.3 Å². The second-order valence-corrected chi connectivity index (χ2v) is 7.56. The number of fused-ring (bicyclic) bond motifs is 1. The van der Waals surface area contributed by atoms with E-state index in [1.807, 2.05) is 26.1 Å². The summed E-state index contributed by atoms with van der Waals surface area (Å²) >= 11 is 0. The predicted octanol–water partition coefficient (Wildman–Crippen LogP) is 1.82. The number of carbonyl (C=O) groups excluding carboxylic acids is 1. The molecule has 0 amide bonds. The number of piperidine rings is 1. The SMILES string of the molecule is COc1ccc(C)c2c1O[C@H]1C(=O)CCC3(O)C(C)N(C)CC[C@]213. The Morgan fingerprint density at radius 3 is 2.83 bits per heavy atom. The number of carbonyl (C=O) groups is 1. The van der Waals surface area contributed by atoms with E-state index >= 15 is 0 Å². The van der Waals surface area contributed by atoms with Gasteiger partial charge < -0.3 is 19.5 Å². The van der Waals surface area contributed by atoms with Crippen LogP contribution in [0.4, 0.5) is 0 Å². The van der Waals surface area contributed by atoms with Crippen molar-refractivity contribution < 1.29 is 19.4 Å². The molecule has 1 spiro atoms. The molecule has 5 nitrogen and oxygen atoms in total. The van der Waals surface area contributed by atoms with Crippen molar-refractivity contribution in [3.63, 3.8) is 0 Å². The zero-order valence-corrected chi connectivity index (χ0v) is 14.8. The first kappa shape index (κ1) is 15.9. The first-order valence-corrected chi connectivity index (χ1v) is 8.67. The maximum atomic E-state index is 12.7. The highest BCUT2D eigenvalue weighted by atomic mass is 16.5. The van der Waals surface area contributed by atoms with Gasteiger partial charge in [-0.05, 0) is 51.9 Å². The lowest BCUT2D eigenvalue weighted by Crippen LogP contribution is -2.73. The van der Waals surface area contributed by atoms with Gasteiger partial charge in [0.1, 0.15) is 0 Å². The highest BCUT2D eigenvalue weighted by Crippen LogP contribution is 2.61. The van der Waals surface area contributed by atoms with Gasteiger partial charge in [0.25, 0.3) is 0 Å². The molecule has 2 unspecified atom stereocenters. The Bertz CT molecular complexity index is 718. The average Bonchev–Trinajstić information content (AvgIpc) is 2.93. The van der Waals surface area contributed by atoms with E-state index in [1.165, 1.54) is 0 Å². The van der Waals surface area contributed by atoms with Crippen molar-refractivity contribution in [3.05, 3.63) is 23.3 Å². The fourth-order valence-corrected chi connectivity index (χ4v) is 5.26. The van der Waals surface area contributed by atoms with Crippen molar-refractivity contribution in [2.24, 2.45) is 0 Å². The average molecular weight is 331 g/mol. The number of ketones is 1. The molecule has 0 aromatic heterocycles. The topological polar surface area (TPSA) is 59.0 Å². The minimum absolute atomic E-state index is 0.0398. The molecule has 2 fully saturated rings. The number of aliphatic hydroxyl groups is 1. The molecule has 1 saturated heterocycles. The summed E-state index contributed by atoms with van der Waals surface area (Å²) in [5.74, 6) is 1.38. The molecule has 24 heavy (non-hydrogen) atoms. The van der Waals surface area contributed by atoms with Gasteiger partial charge in [-0.15, -0.1) is 0 Å². The molecule has 3 aliphatic rings. The van der Waals surface area contributed by atoms with E-state index in [0.29, 0.717) is 30.8 Å². The highest BCUT2D eigenvalue weighted by molar-refractivity contribution is 5.89. The number of aryl methyl sites for hydroxylation is 1. The lowest BCUT2D eigenvalue weighted by atomic mass is 9.52. The lowest BCUT2D eigenvalue weighted by Gasteiger charge is -2.58. The second kappa shape index (κ2) is 4.96. The van der Waals surface area contributed by atoms with Crippen LogP contribution in [0.15, 0.2) is 12.1 Å². The quantitative estimate of drug-likeness (QED) is 0.851. The van der Waals surface area contributed by atoms with E-state index in [1.54, 1.807) is 7.11 Å². The molecule has 1 saturated carbocycles. The van der Waals surface area contributed by atoms with Gasteiger partial charge >= 0.3 is 0 Å². The van der Waals surface area contributed by atoms with Crippen LogP contribution in [0.5, 0.6) is 11.5 Å². The number of hydrogen-bond donors (Lipinski definition) is 1. The van der Waals surface area contributed by atoms with E-state index < -0.39 is 17.1 Å². The second-order valence-electron chi connectivity index (χ2n) is 7.56. The third-order valence-corrected chi connectivity index (χ3v) is 6.71. The van der Waals surface area contributed by atoms with Crippen LogP contribution >= 0.6 is 0 Å². The van der Waals surface area contributed by atoms with Gasteiger partial charge in [-0.2, -0.15) is 0 Å². The summed E-state index contributed by atoms with van der Waals surface area (Å²) in [5, 5.41) is 11.8. The molecule has 1 aromatic rings. The van der Waals surface area contributed by atoms with E-state index in [-0.39, 0.29) is 11.8 Å². The standard InChI is InChI=1S/C19H25NO4/c1-11-5-6-14(23-4)16-15(11)18-9-10-20(3)12(2)19(18,22)8-7-13(21)17(18)24-16/h5-6,12,17,22H,7-10H2,1-4H3/t12?,17-,18-,19?/m0/s1. The zero-order valence-electron chi connectivity index (χ0n) is 14.8. The van der Waals surface area contributed by atoms with Crippen LogP contribution in [0.25, 0.3) is 0 Å². The van der Waals surface area contributed by atoms with Crippen LogP contribution in [-0.4, -0.2) is 54.2 Å². The van der Waals surface area contributed by atoms with Gasteiger partial charge in [-0.1, -0.05) is 6.07 Å². The number of rotatable bonds is 1. The number of nitrogens with zero attached hydrogens (tertiary/aromatic N) is 1. The monoisotopic (exact) mass is 331 g/mol. The van der Waals surface area contributed by atoms with Crippen molar-refractivity contribution >= 4 is 5.78 Å². The molecule has 4 rings (SSSR count). The highest BCUT2D eigenvalue weighted by Gasteiger charge is 2.70. The zero-order chi connectivity index (χ0) is 17.3. The van der Waals surface area contributed by atoms with Crippen LogP contribution in [0, 0.1) is 6.92 Å². The molecule has 130 valence electrons. The first-order chi connectivity index (χ1) is 11.4. The smallest absolute Gasteiger partial charge is 0.174 e. The number of hydrogen-bond acceptors (Lipinski definition) is 5. The van der Waals surface area contributed by atoms with Crippen molar-refractivity contribution in [2.75, 3.05) is 20.7 Å². The number of ether oxygens (including phenoxy) is 2. The molecule has 1 aromatic carbocycles. The fourth-order valence-electron chi connectivity index (χ4n) is 5.26. The number of Topliss-reactive ketones (excluding diaryl/α,β-unsaturated/α-hetero) is 1. The van der Waals surface area contributed by atoms with Crippen molar-refractivity contribution in [1.29, 1.82) is 0 Å². The summed E-state index contributed by atoms with van der Waals surface area (Å²) < 4.78 is 11.7. The van der Waals surface area contributed by atoms with E-state index in [2.05, 4.69) is 11.8 Å². The lowest BCUT2D eigenvalue weighted by molar-refractivity contribution is -0.178. The normalized spacial score (nSPS) is 38.1. The van der Waals surface area contributed by atoms with Crippen LogP contribution in [0.2, 0.25) is 0 Å². The summed E-state index contributed by atoms with van der Waals surface area (Å²) in [5.41, 5.74) is 0.365. The van der Waals surface area contributed by atoms with Crippen LogP contribution in [0.1, 0.15) is 37.3 Å². The van der Waals surface area contributed by atoms with Gasteiger partial charge in [0.15, 0.2) is 23.4 Å². The number of likely N-dealkylation sites (N-methyl/N-ethyl adjacent to an activating group) is 1. The Labute approximate surface area is 142 Å². The summed E-state index contributed by atoms with van der Waals surface area (Å²) in [6.45, 7) is 4.91. The van der Waals surface area contributed by atoms with E-state index in [9.17, 15) is 9.90 Å². The molecule has 4 atom stereocenters. The molecule has 0 bridgehead atoms. The van der Waals surface area contributed by atoms with Gasteiger partial charge in [0.2, 0.25) is 0 Å². The summed E-state index contributed by atoms with van der Waals surface area (Å²) in [6, 6.07) is 3.84. The Hall–Kier alpha value is -1.59. The van der Waals surface area contributed by atoms with Gasteiger partial charge in [-0.25, -0.2) is 0 Å². The molecule has 2 heterocycles. The molecule has 1 aliphatic carbocycles. The number of likely N-dealkylation sites (tertiary alicyclic amines) is 1. The van der Waals surface area contributed by atoms with Gasteiger partial charge in [0.05, 0.1) is 18.1 Å². The van der Waals surface area contributed by atoms with E-state index in [0.717, 1.165) is 17.7 Å². The van der Waals surface area contributed by atoms with Crippen LogP contribution in [0.3, 0.4) is 0 Å². The van der Waals surface area contributed by atoms with Crippen molar-refractivity contribution in [3.8, 4) is 11.5 Å². The predicted molar refractivity (Wildman–Crippen MR) is 89.7 cm³/mol.